The van der Waals surface area contributed by atoms with Gasteiger partial charge in [-0.15, -0.1) is 0 Å². The summed E-state index contributed by atoms with van der Waals surface area (Å²) in [7, 11) is 0. The van der Waals surface area contributed by atoms with Gasteiger partial charge < -0.3 is 15.7 Å². The molecule has 0 aliphatic heterocycles. The third kappa shape index (κ3) is 4.56. The Morgan fingerprint density at radius 2 is 2.08 bits per heavy atom. The number of hydrogen-bond acceptors (Lipinski definition) is 5. The maximum absolute atomic E-state index is 12.1. The number of nitriles is 1. The van der Waals surface area contributed by atoms with Crippen molar-refractivity contribution in [2.24, 2.45) is 0 Å². The number of rotatable bonds is 5. The van der Waals surface area contributed by atoms with Gasteiger partial charge in [-0.25, -0.2) is 9.78 Å². The maximum Gasteiger partial charge on any atom is 0.335 e. The predicted octanol–water partition coefficient (Wildman–Crippen LogP) is 2.89. The van der Waals surface area contributed by atoms with Crippen LogP contribution in [0.15, 0.2) is 54.4 Å². The molecule has 0 saturated carbocycles. The number of carboxylic acid groups (broad SMARTS) is 1. The van der Waals surface area contributed by atoms with Crippen molar-refractivity contribution in [3.05, 3.63) is 65.0 Å². The Labute approximate surface area is 142 Å². The van der Waals surface area contributed by atoms with Gasteiger partial charge >= 0.3 is 5.97 Å². The molecule has 0 aliphatic carbocycles. The number of anilines is 2. The molecule has 1 amide bonds. The Morgan fingerprint density at radius 3 is 2.71 bits per heavy atom. The van der Waals surface area contributed by atoms with Crippen molar-refractivity contribution in [1.82, 2.24) is 4.98 Å². The van der Waals surface area contributed by atoms with E-state index in [0.717, 1.165) is 0 Å². The largest absolute Gasteiger partial charge is 0.478 e. The molecule has 0 bridgehead atoms. The molecule has 0 saturated heterocycles. The fourth-order valence-electron chi connectivity index (χ4n) is 1.68. The monoisotopic (exact) mass is 342 g/mol. The molecule has 0 radical (unpaired) electrons. The highest BCUT2D eigenvalue weighted by Crippen LogP contribution is 2.13. The molecular weight excluding hydrogens is 332 g/mol. The molecule has 0 aliphatic rings. The van der Waals surface area contributed by atoms with E-state index in [4.69, 9.17) is 22.0 Å². The Hall–Kier alpha value is -3.37. The van der Waals surface area contributed by atoms with Crippen molar-refractivity contribution in [1.29, 1.82) is 5.26 Å². The van der Waals surface area contributed by atoms with E-state index in [1.54, 1.807) is 18.2 Å². The van der Waals surface area contributed by atoms with Gasteiger partial charge in [0, 0.05) is 18.1 Å². The van der Waals surface area contributed by atoms with Gasteiger partial charge in [-0.3, -0.25) is 4.79 Å². The van der Waals surface area contributed by atoms with Crippen molar-refractivity contribution >= 4 is 35.0 Å². The first-order valence-electron chi connectivity index (χ1n) is 6.62. The smallest absolute Gasteiger partial charge is 0.335 e. The normalized spacial score (nSPS) is 10.6. The van der Waals surface area contributed by atoms with Crippen LogP contribution in [-0.4, -0.2) is 22.0 Å². The molecule has 3 N–H and O–H groups in total. The quantitative estimate of drug-likeness (QED) is 0.568. The average molecular weight is 343 g/mol. The van der Waals surface area contributed by atoms with Crippen LogP contribution in [0.3, 0.4) is 0 Å². The summed E-state index contributed by atoms with van der Waals surface area (Å²) in [5, 5.41) is 23.6. The lowest BCUT2D eigenvalue weighted by Gasteiger charge is -2.06. The van der Waals surface area contributed by atoms with Gasteiger partial charge in [-0.1, -0.05) is 17.7 Å². The van der Waals surface area contributed by atoms with E-state index in [9.17, 15) is 9.59 Å². The molecule has 0 fully saturated rings. The molecule has 2 rings (SSSR count). The van der Waals surface area contributed by atoms with Gasteiger partial charge in [0.15, 0.2) is 0 Å². The standard InChI is InChI=1S/C16H11ClN4O3/c17-12-4-5-14(20-9-12)19-8-11(7-18)15(22)21-13-3-1-2-10(6-13)16(23)24/h1-6,8-9H,(H,19,20)(H,21,22)(H,23,24)/b11-8-. The first kappa shape index (κ1) is 17.0. The summed E-state index contributed by atoms with van der Waals surface area (Å²) in [4.78, 5) is 26.9. The minimum atomic E-state index is -1.11. The topological polar surface area (TPSA) is 115 Å². The first-order valence-corrected chi connectivity index (χ1v) is 7.00. The van der Waals surface area contributed by atoms with Crippen LogP contribution in [0.5, 0.6) is 0 Å². The van der Waals surface area contributed by atoms with Crippen LogP contribution in [0.2, 0.25) is 5.02 Å². The minimum absolute atomic E-state index is 0.0266. The summed E-state index contributed by atoms with van der Waals surface area (Å²) < 4.78 is 0. The Morgan fingerprint density at radius 1 is 1.29 bits per heavy atom. The van der Waals surface area contributed by atoms with Crippen molar-refractivity contribution in [2.75, 3.05) is 10.6 Å². The summed E-state index contributed by atoms with van der Waals surface area (Å²) in [6, 6.07) is 10.7. The number of carbonyl (C=O) groups is 2. The van der Waals surface area contributed by atoms with Gasteiger partial charge in [0.1, 0.15) is 17.5 Å². The highest BCUT2D eigenvalue weighted by Gasteiger charge is 2.11. The van der Waals surface area contributed by atoms with Gasteiger partial charge in [0.2, 0.25) is 0 Å². The van der Waals surface area contributed by atoms with Crippen LogP contribution in [-0.2, 0) is 4.79 Å². The minimum Gasteiger partial charge on any atom is -0.478 e. The van der Waals surface area contributed by atoms with Crippen molar-refractivity contribution in [2.45, 2.75) is 0 Å². The number of pyridine rings is 1. The van der Waals surface area contributed by atoms with Gasteiger partial charge in [0.25, 0.3) is 5.91 Å². The fraction of sp³-hybridized carbons (Fsp3) is 0. The number of aromatic carboxylic acids is 1. The van der Waals surface area contributed by atoms with Gasteiger partial charge in [-0.2, -0.15) is 5.26 Å². The van der Waals surface area contributed by atoms with Crippen LogP contribution < -0.4 is 10.6 Å². The van der Waals surface area contributed by atoms with Crippen LogP contribution in [0, 0.1) is 11.3 Å². The summed E-state index contributed by atoms with van der Waals surface area (Å²) in [5.41, 5.74) is 0.0944. The van der Waals surface area contributed by atoms with Gasteiger partial charge in [-0.05, 0) is 30.3 Å². The third-order valence-corrected chi connectivity index (χ3v) is 3.05. The van der Waals surface area contributed by atoms with E-state index in [0.29, 0.717) is 10.8 Å². The number of hydrogen-bond donors (Lipinski definition) is 3. The van der Waals surface area contributed by atoms with Crippen LogP contribution in [0.1, 0.15) is 10.4 Å². The van der Waals surface area contributed by atoms with E-state index >= 15 is 0 Å². The van der Waals surface area contributed by atoms with E-state index in [1.807, 2.05) is 0 Å². The molecular formula is C16H11ClN4O3. The zero-order valence-electron chi connectivity index (χ0n) is 12.2. The number of carboxylic acids is 1. The fourth-order valence-corrected chi connectivity index (χ4v) is 1.80. The highest BCUT2D eigenvalue weighted by atomic mass is 35.5. The zero-order chi connectivity index (χ0) is 17.5. The van der Waals surface area contributed by atoms with E-state index < -0.39 is 11.9 Å². The van der Waals surface area contributed by atoms with Crippen LogP contribution in [0.25, 0.3) is 0 Å². The third-order valence-electron chi connectivity index (χ3n) is 2.82. The second-order valence-corrected chi connectivity index (χ2v) is 4.95. The number of halogens is 1. The molecule has 0 spiro atoms. The summed E-state index contributed by atoms with van der Waals surface area (Å²) in [6.45, 7) is 0. The molecule has 2 aromatic rings. The number of carbonyl (C=O) groups excluding carboxylic acids is 1. The molecule has 1 heterocycles. The number of nitrogens with one attached hydrogen (secondary N) is 2. The number of amides is 1. The lowest BCUT2D eigenvalue weighted by molar-refractivity contribution is -0.112. The number of nitrogens with zero attached hydrogens (tertiary/aromatic N) is 2. The van der Waals surface area contributed by atoms with Crippen LogP contribution >= 0.6 is 11.6 Å². The number of benzene rings is 1. The molecule has 24 heavy (non-hydrogen) atoms. The van der Waals surface area contributed by atoms with Gasteiger partial charge in [0.05, 0.1) is 10.6 Å². The highest BCUT2D eigenvalue weighted by molar-refractivity contribution is 6.30. The lowest BCUT2D eigenvalue weighted by Crippen LogP contribution is -2.15. The molecule has 1 aromatic heterocycles. The van der Waals surface area contributed by atoms with Crippen molar-refractivity contribution in [3.8, 4) is 6.07 Å². The average Bonchev–Trinajstić information content (AvgIpc) is 2.57. The maximum atomic E-state index is 12.1. The number of aromatic nitrogens is 1. The second kappa shape index (κ2) is 7.76. The first-order chi connectivity index (χ1) is 11.5. The zero-order valence-corrected chi connectivity index (χ0v) is 12.9. The predicted molar refractivity (Wildman–Crippen MR) is 88.6 cm³/mol. The van der Waals surface area contributed by atoms with Crippen molar-refractivity contribution in [3.63, 3.8) is 0 Å². The summed E-state index contributed by atoms with van der Waals surface area (Å²) in [6.07, 6.45) is 2.62. The van der Waals surface area contributed by atoms with E-state index in [2.05, 4.69) is 15.6 Å². The van der Waals surface area contributed by atoms with E-state index in [-0.39, 0.29) is 16.8 Å². The Bertz CT molecular complexity index is 841. The van der Waals surface area contributed by atoms with E-state index in [1.165, 1.54) is 36.7 Å². The molecule has 7 nitrogen and oxygen atoms in total. The molecule has 120 valence electrons. The molecule has 1 aromatic carbocycles. The Kier molecular flexibility index (Phi) is 5.49. The Balaban J connectivity index is 2.10. The lowest BCUT2D eigenvalue weighted by atomic mass is 10.2. The second-order valence-electron chi connectivity index (χ2n) is 4.52. The molecule has 0 unspecified atom stereocenters. The summed E-state index contributed by atoms with van der Waals surface area (Å²) >= 11 is 5.71. The summed E-state index contributed by atoms with van der Waals surface area (Å²) in [5.74, 6) is -1.38. The van der Waals surface area contributed by atoms with Crippen molar-refractivity contribution < 1.29 is 14.7 Å². The van der Waals surface area contributed by atoms with Crippen LogP contribution in [0.4, 0.5) is 11.5 Å². The SMILES string of the molecule is N#C/C(=C/Nc1ccc(Cl)cn1)C(=O)Nc1cccc(C(=O)O)c1. The molecule has 8 heteroatoms. The molecule has 0 atom stereocenters.